The summed E-state index contributed by atoms with van der Waals surface area (Å²) in [6, 6.07) is 11.0. The summed E-state index contributed by atoms with van der Waals surface area (Å²) in [5.74, 6) is 0. The second kappa shape index (κ2) is 6.19. The number of hydrogen-bond acceptors (Lipinski definition) is 2. The molecule has 0 fully saturated rings. The molecule has 1 unspecified atom stereocenters. The molecular weight excluding hydrogens is 244 g/mol. The van der Waals surface area contributed by atoms with Crippen LogP contribution in [0.25, 0.3) is 0 Å². The van der Waals surface area contributed by atoms with Crippen LogP contribution in [0.4, 0.5) is 0 Å². The molecule has 106 valence electrons. The Morgan fingerprint density at radius 3 is 2.40 bits per heavy atom. The highest BCUT2D eigenvalue weighted by Crippen LogP contribution is 2.28. The van der Waals surface area contributed by atoms with Crippen LogP contribution in [0, 0.1) is 27.7 Å². The third-order valence-electron chi connectivity index (χ3n) is 3.94. The molecular formula is C18H24N2. The normalized spacial score (nSPS) is 12.4. The van der Waals surface area contributed by atoms with Gasteiger partial charge in [0.05, 0.1) is 6.04 Å². The Hall–Kier alpha value is -1.67. The first-order valence-electron chi connectivity index (χ1n) is 7.28. The van der Waals surface area contributed by atoms with Gasteiger partial charge in [-0.1, -0.05) is 31.2 Å². The molecule has 1 heterocycles. The molecule has 0 amide bonds. The summed E-state index contributed by atoms with van der Waals surface area (Å²) >= 11 is 0. The molecule has 0 aliphatic carbocycles. The van der Waals surface area contributed by atoms with Crippen molar-refractivity contribution in [1.29, 1.82) is 0 Å². The zero-order chi connectivity index (χ0) is 14.7. The summed E-state index contributed by atoms with van der Waals surface area (Å²) in [7, 11) is 0. The van der Waals surface area contributed by atoms with Crippen LogP contribution in [-0.4, -0.2) is 11.5 Å². The van der Waals surface area contributed by atoms with Gasteiger partial charge in [0.1, 0.15) is 0 Å². The topological polar surface area (TPSA) is 24.9 Å². The van der Waals surface area contributed by atoms with E-state index < -0.39 is 0 Å². The Labute approximate surface area is 122 Å². The Bertz CT molecular complexity index is 602. The van der Waals surface area contributed by atoms with Gasteiger partial charge in [-0.05, 0) is 62.6 Å². The number of aryl methyl sites for hydroxylation is 3. The van der Waals surface area contributed by atoms with Crippen molar-refractivity contribution in [3.63, 3.8) is 0 Å². The third-order valence-corrected chi connectivity index (χ3v) is 3.94. The van der Waals surface area contributed by atoms with Gasteiger partial charge in [0.2, 0.25) is 0 Å². The first kappa shape index (κ1) is 14.7. The van der Waals surface area contributed by atoms with Gasteiger partial charge in [-0.3, -0.25) is 4.98 Å². The van der Waals surface area contributed by atoms with Crippen molar-refractivity contribution in [3.8, 4) is 0 Å². The molecule has 0 aliphatic heterocycles. The Kier molecular flexibility index (Phi) is 4.56. The second-order valence-corrected chi connectivity index (χ2v) is 5.41. The van der Waals surface area contributed by atoms with E-state index >= 15 is 0 Å². The van der Waals surface area contributed by atoms with Gasteiger partial charge in [0, 0.05) is 11.4 Å². The maximum atomic E-state index is 4.61. The number of hydrogen-bond donors (Lipinski definition) is 1. The van der Waals surface area contributed by atoms with Crippen molar-refractivity contribution in [2.24, 2.45) is 0 Å². The molecule has 2 rings (SSSR count). The van der Waals surface area contributed by atoms with Gasteiger partial charge in [-0.15, -0.1) is 0 Å². The monoisotopic (exact) mass is 268 g/mol. The van der Waals surface area contributed by atoms with Crippen molar-refractivity contribution in [3.05, 3.63) is 64.0 Å². The van der Waals surface area contributed by atoms with Crippen LogP contribution < -0.4 is 5.32 Å². The predicted octanol–water partition coefficient (Wildman–Crippen LogP) is 4.01. The van der Waals surface area contributed by atoms with E-state index in [9.17, 15) is 0 Å². The van der Waals surface area contributed by atoms with E-state index in [1.54, 1.807) is 0 Å². The van der Waals surface area contributed by atoms with E-state index in [4.69, 9.17) is 0 Å². The number of pyridine rings is 1. The molecule has 0 saturated carbocycles. The molecule has 2 heteroatoms. The second-order valence-electron chi connectivity index (χ2n) is 5.41. The lowest BCUT2D eigenvalue weighted by Crippen LogP contribution is -2.24. The zero-order valence-corrected chi connectivity index (χ0v) is 13.1. The summed E-state index contributed by atoms with van der Waals surface area (Å²) in [6.45, 7) is 11.6. The highest BCUT2D eigenvalue weighted by Gasteiger charge is 2.18. The van der Waals surface area contributed by atoms with Gasteiger partial charge in [-0.25, -0.2) is 0 Å². The van der Waals surface area contributed by atoms with Gasteiger partial charge >= 0.3 is 0 Å². The van der Waals surface area contributed by atoms with Crippen molar-refractivity contribution in [2.45, 2.75) is 40.7 Å². The largest absolute Gasteiger partial charge is 0.306 e. The van der Waals surface area contributed by atoms with Crippen molar-refractivity contribution in [2.75, 3.05) is 6.54 Å². The molecule has 0 saturated heterocycles. The lowest BCUT2D eigenvalue weighted by molar-refractivity contribution is 0.621. The molecule has 0 bridgehead atoms. The summed E-state index contributed by atoms with van der Waals surface area (Å²) < 4.78 is 0. The summed E-state index contributed by atoms with van der Waals surface area (Å²) in [4.78, 5) is 4.61. The number of rotatable bonds is 4. The average molecular weight is 268 g/mol. The number of nitrogens with one attached hydrogen (secondary N) is 1. The van der Waals surface area contributed by atoms with Gasteiger partial charge in [0.25, 0.3) is 0 Å². The quantitative estimate of drug-likeness (QED) is 0.906. The van der Waals surface area contributed by atoms with Crippen LogP contribution in [0.3, 0.4) is 0 Å². The first-order chi connectivity index (χ1) is 9.54. The van der Waals surface area contributed by atoms with Crippen LogP contribution >= 0.6 is 0 Å². The predicted molar refractivity (Wildman–Crippen MR) is 85.1 cm³/mol. The van der Waals surface area contributed by atoms with E-state index in [-0.39, 0.29) is 6.04 Å². The molecule has 20 heavy (non-hydrogen) atoms. The van der Waals surface area contributed by atoms with E-state index in [0.29, 0.717) is 0 Å². The SMILES string of the molecule is CCNC(c1ccc(C)nc1C)c1cccc(C)c1C. The number of nitrogens with zero attached hydrogens (tertiary/aromatic N) is 1. The minimum Gasteiger partial charge on any atom is -0.306 e. The average Bonchev–Trinajstić information content (AvgIpc) is 2.40. The minimum absolute atomic E-state index is 0.216. The molecule has 0 aliphatic rings. The van der Waals surface area contributed by atoms with Crippen molar-refractivity contribution >= 4 is 0 Å². The van der Waals surface area contributed by atoms with Gasteiger partial charge in [-0.2, -0.15) is 0 Å². The lowest BCUT2D eigenvalue weighted by Gasteiger charge is -2.23. The van der Waals surface area contributed by atoms with Crippen molar-refractivity contribution in [1.82, 2.24) is 10.3 Å². The van der Waals surface area contributed by atoms with Crippen LogP contribution in [-0.2, 0) is 0 Å². The van der Waals surface area contributed by atoms with E-state index in [1.165, 1.54) is 22.3 Å². The molecule has 2 aromatic rings. The highest BCUT2D eigenvalue weighted by molar-refractivity contribution is 5.42. The Morgan fingerprint density at radius 1 is 1.00 bits per heavy atom. The fraction of sp³-hybridized carbons (Fsp3) is 0.389. The third kappa shape index (κ3) is 2.91. The van der Waals surface area contributed by atoms with Crippen LogP contribution in [0.15, 0.2) is 30.3 Å². The summed E-state index contributed by atoms with van der Waals surface area (Å²) in [5.41, 5.74) is 7.49. The minimum atomic E-state index is 0.216. The Balaban J connectivity index is 2.53. The van der Waals surface area contributed by atoms with Crippen molar-refractivity contribution < 1.29 is 0 Å². The smallest absolute Gasteiger partial charge is 0.0597 e. The number of aromatic nitrogens is 1. The fourth-order valence-corrected chi connectivity index (χ4v) is 2.68. The van der Waals surface area contributed by atoms with Gasteiger partial charge < -0.3 is 5.32 Å². The van der Waals surface area contributed by atoms with Gasteiger partial charge in [0.15, 0.2) is 0 Å². The molecule has 1 N–H and O–H groups in total. The maximum absolute atomic E-state index is 4.61. The highest BCUT2D eigenvalue weighted by atomic mass is 14.9. The Morgan fingerprint density at radius 2 is 1.75 bits per heavy atom. The summed E-state index contributed by atoms with van der Waals surface area (Å²) in [6.07, 6.45) is 0. The summed E-state index contributed by atoms with van der Waals surface area (Å²) in [5, 5.41) is 3.60. The molecule has 0 spiro atoms. The molecule has 1 aromatic carbocycles. The molecule has 2 nitrogen and oxygen atoms in total. The van der Waals surface area contributed by atoms with E-state index in [0.717, 1.165) is 17.9 Å². The maximum Gasteiger partial charge on any atom is 0.0597 e. The van der Waals surface area contributed by atoms with Crippen LogP contribution in [0.1, 0.15) is 46.6 Å². The van der Waals surface area contributed by atoms with Crippen LogP contribution in [0.2, 0.25) is 0 Å². The van der Waals surface area contributed by atoms with Crippen LogP contribution in [0.5, 0.6) is 0 Å². The van der Waals surface area contributed by atoms with E-state index in [1.807, 2.05) is 6.92 Å². The molecule has 1 atom stereocenters. The zero-order valence-electron chi connectivity index (χ0n) is 13.1. The lowest BCUT2D eigenvalue weighted by atomic mass is 9.92. The standard InChI is InChI=1S/C18H24N2/c1-6-19-18(16-9-7-8-12(2)14(16)4)17-11-10-13(3)20-15(17)5/h7-11,18-19H,6H2,1-5H3. The van der Waals surface area contributed by atoms with E-state index in [2.05, 4.69) is 68.3 Å². The molecule has 0 radical (unpaired) electrons. The number of benzene rings is 1. The first-order valence-corrected chi connectivity index (χ1v) is 7.28. The molecule has 1 aromatic heterocycles. The fourth-order valence-electron chi connectivity index (χ4n) is 2.68.